The van der Waals surface area contributed by atoms with Gasteiger partial charge in [0.15, 0.2) is 9.84 Å². The van der Waals surface area contributed by atoms with E-state index in [9.17, 15) is 8.42 Å². The Hall–Kier alpha value is -2.39. The smallest absolute Gasteiger partial charge is 0.192 e. The second-order valence-corrected chi connectivity index (χ2v) is 7.88. The molecule has 0 amide bonds. The SMILES string of the molecule is CC(c1ccccc1)(c1ccccc1)S(=O)(=O)c1ccccc1. The Morgan fingerprint density at radius 1 is 0.609 bits per heavy atom. The van der Waals surface area contributed by atoms with Crippen molar-refractivity contribution in [2.75, 3.05) is 0 Å². The van der Waals surface area contributed by atoms with Crippen LogP contribution in [0.3, 0.4) is 0 Å². The van der Waals surface area contributed by atoms with Crippen LogP contribution < -0.4 is 0 Å². The predicted molar refractivity (Wildman–Crippen MR) is 93.0 cm³/mol. The Kier molecular flexibility index (Phi) is 4.05. The molecule has 3 heteroatoms. The fourth-order valence-electron chi connectivity index (χ4n) is 2.82. The van der Waals surface area contributed by atoms with Crippen LogP contribution in [0.1, 0.15) is 18.1 Å². The predicted octanol–water partition coefficient (Wildman–Crippen LogP) is 4.42. The zero-order chi connectivity index (χ0) is 16.3. The third kappa shape index (κ3) is 2.57. The molecule has 0 fully saturated rings. The number of sulfone groups is 1. The molecular formula is C20H18O2S. The second-order valence-electron chi connectivity index (χ2n) is 5.58. The van der Waals surface area contributed by atoms with E-state index in [1.54, 1.807) is 31.2 Å². The maximum absolute atomic E-state index is 13.5. The first-order valence-electron chi connectivity index (χ1n) is 7.47. The first-order valence-corrected chi connectivity index (χ1v) is 8.96. The van der Waals surface area contributed by atoms with Gasteiger partial charge in [0, 0.05) is 0 Å². The molecule has 3 aromatic carbocycles. The summed E-state index contributed by atoms with van der Waals surface area (Å²) in [6, 6.07) is 27.4. The fourth-order valence-corrected chi connectivity index (χ4v) is 4.70. The first kappa shape index (κ1) is 15.5. The number of benzene rings is 3. The van der Waals surface area contributed by atoms with Gasteiger partial charge in [0.1, 0.15) is 4.75 Å². The van der Waals surface area contributed by atoms with Crippen LogP contribution in [-0.4, -0.2) is 8.42 Å². The molecule has 3 aromatic rings. The summed E-state index contributed by atoms with van der Waals surface area (Å²) in [6.07, 6.45) is 0. The van der Waals surface area contributed by atoms with Crippen molar-refractivity contribution in [2.45, 2.75) is 16.6 Å². The molecule has 0 unspecified atom stereocenters. The van der Waals surface area contributed by atoms with E-state index in [1.165, 1.54) is 0 Å². The molecule has 0 aliphatic rings. The monoisotopic (exact) mass is 322 g/mol. The molecule has 0 heterocycles. The Balaban J connectivity index is 2.30. The Morgan fingerprint density at radius 2 is 0.957 bits per heavy atom. The molecule has 0 bridgehead atoms. The summed E-state index contributed by atoms with van der Waals surface area (Å²) in [5.74, 6) is 0. The summed E-state index contributed by atoms with van der Waals surface area (Å²) >= 11 is 0. The summed E-state index contributed by atoms with van der Waals surface area (Å²) in [5, 5.41) is 0. The minimum atomic E-state index is -3.61. The number of hydrogen-bond donors (Lipinski definition) is 0. The van der Waals surface area contributed by atoms with E-state index in [0.29, 0.717) is 4.90 Å². The Labute approximate surface area is 137 Å². The molecular weight excluding hydrogens is 304 g/mol. The maximum atomic E-state index is 13.5. The average molecular weight is 322 g/mol. The van der Waals surface area contributed by atoms with Crippen molar-refractivity contribution in [3.05, 3.63) is 102 Å². The van der Waals surface area contributed by atoms with Crippen molar-refractivity contribution in [1.82, 2.24) is 0 Å². The van der Waals surface area contributed by atoms with Gasteiger partial charge in [0.05, 0.1) is 4.90 Å². The molecule has 2 nitrogen and oxygen atoms in total. The molecule has 0 saturated heterocycles. The zero-order valence-electron chi connectivity index (χ0n) is 12.9. The average Bonchev–Trinajstić information content (AvgIpc) is 2.63. The van der Waals surface area contributed by atoms with Gasteiger partial charge in [-0.05, 0) is 30.2 Å². The van der Waals surface area contributed by atoms with Crippen molar-refractivity contribution in [1.29, 1.82) is 0 Å². The molecule has 0 aromatic heterocycles. The Morgan fingerprint density at radius 3 is 1.35 bits per heavy atom. The zero-order valence-corrected chi connectivity index (χ0v) is 13.7. The van der Waals surface area contributed by atoms with Crippen molar-refractivity contribution in [3.8, 4) is 0 Å². The highest BCUT2D eigenvalue weighted by Crippen LogP contribution is 2.41. The molecule has 116 valence electrons. The summed E-state index contributed by atoms with van der Waals surface area (Å²) in [5.41, 5.74) is 1.52. The van der Waals surface area contributed by atoms with Crippen molar-refractivity contribution in [2.24, 2.45) is 0 Å². The van der Waals surface area contributed by atoms with Crippen LogP contribution in [0.2, 0.25) is 0 Å². The van der Waals surface area contributed by atoms with Gasteiger partial charge in [-0.1, -0.05) is 78.9 Å². The van der Waals surface area contributed by atoms with Crippen molar-refractivity contribution >= 4 is 9.84 Å². The third-order valence-electron chi connectivity index (χ3n) is 4.24. The summed E-state index contributed by atoms with van der Waals surface area (Å²) in [7, 11) is -3.61. The van der Waals surface area contributed by atoms with Gasteiger partial charge in [-0.25, -0.2) is 8.42 Å². The normalized spacial score (nSPS) is 12.0. The van der Waals surface area contributed by atoms with Gasteiger partial charge < -0.3 is 0 Å². The molecule has 0 atom stereocenters. The molecule has 3 rings (SSSR count). The lowest BCUT2D eigenvalue weighted by molar-refractivity contribution is 0.565. The van der Waals surface area contributed by atoms with Crippen LogP contribution in [0.25, 0.3) is 0 Å². The van der Waals surface area contributed by atoms with Crippen LogP contribution in [0.4, 0.5) is 0 Å². The van der Waals surface area contributed by atoms with E-state index < -0.39 is 14.6 Å². The van der Waals surface area contributed by atoms with E-state index in [0.717, 1.165) is 11.1 Å². The van der Waals surface area contributed by atoms with Gasteiger partial charge in [0.25, 0.3) is 0 Å². The lowest BCUT2D eigenvalue weighted by atomic mass is 9.92. The van der Waals surface area contributed by atoms with Crippen LogP contribution in [-0.2, 0) is 14.6 Å². The van der Waals surface area contributed by atoms with E-state index in [1.807, 2.05) is 66.7 Å². The largest absolute Gasteiger partial charge is 0.222 e. The minimum absolute atomic E-state index is 0.329. The Bertz CT molecular complexity index is 831. The van der Waals surface area contributed by atoms with E-state index in [-0.39, 0.29) is 0 Å². The summed E-state index contributed by atoms with van der Waals surface area (Å²) in [6.45, 7) is 1.78. The van der Waals surface area contributed by atoms with Gasteiger partial charge in [0.2, 0.25) is 0 Å². The van der Waals surface area contributed by atoms with Gasteiger partial charge in [-0.15, -0.1) is 0 Å². The van der Waals surface area contributed by atoms with Crippen molar-refractivity contribution in [3.63, 3.8) is 0 Å². The van der Waals surface area contributed by atoms with Crippen LogP contribution in [0.5, 0.6) is 0 Å². The number of rotatable bonds is 4. The second kappa shape index (κ2) is 6.01. The summed E-state index contributed by atoms with van der Waals surface area (Å²) < 4.78 is 25.8. The van der Waals surface area contributed by atoms with Crippen LogP contribution >= 0.6 is 0 Å². The quantitative estimate of drug-likeness (QED) is 0.712. The molecule has 0 aliphatic heterocycles. The maximum Gasteiger partial charge on any atom is 0.192 e. The molecule has 0 saturated carbocycles. The minimum Gasteiger partial charge on any atom is -0.222 e. The standard InChI is InChI=1S/C20H18O2S/c1-20(17-11-5-2-6-12-17,18-13-7-3-8-14-18)23(21,22)19-15-9-4-10-16-19/h2-16H,1H3. The van der Waals surface area contributed by atoms with Gasteiger partial charge in [-0.2, -0.15) is 0 Å². The molecule has 0 spiro atoms. The number of hydrogen-bond acceptors (Lipinski definition) is 2. The topological polar surface area (TPSA) is 34.1 Å². The first-order chi connectivity index (χ1) is 11.1. The third-order valence-corrected chi connectivity index (χ3v) is 6.68. The van der Waals surface area contributed by atoms with Crippen molar-refractivity contribution < 1.29 is 8.42 Å². The van der Waals surface area contributed by atoms with Gasteiger partial charge in [-0.3, -0.25) is 0 Å². The highest BCUT2D eigenvalue weighted by molar-refractivity contribution is 7.92. The van der Waals surface area contributed by atoms with E-state index in [2.05, 4.69) is 0 Å². The fraction of sp³-hybridized carbons (Fsp3) is 0.100. The van der Waals surface area contributed by atoms with Crippen LogP contribution in [0.15, 0.2) is 95.9 Å². The molecule has 0 aliphatic carbocycles. The molecule has 0 radical (unpaired) electrons. The lowest BCUT2D eigenvalue weighted by Gasteiger charge is -2.30. The summed E-state index contributed by atoms with van der Waals surface area (Å²) in [4.78, 5) is 0.329. The van der Waals surface area contributed by atoms with E-state index >= 15 is 0 Å². The molecule has 23 heavy (non-hydrogen) atoms. The lowest BCUT2D eigenvalue weighted by Crippen LogP contribution is -2.34. The van der Waals surface area contributed by atoms with E-state index in [4.69, 9.17) is 0 Å². The van der Waals surface area contributed by atoms with Crippen LogP contribution in [0, 0.1) is 0 Å². The highest BCUT2D eigenvalue weighted by atomic mass is 32.2. The highest BCUT2D eigenvalue weighted by Gasteiger charge is 2.43. The van der Waals surface area contributed by atoms with Gasteiger partial charge >= 0.3 is 0 Å². The molecule has 0 N–H and O–H groups in total.